The quantitative estimate of drug-likeness (QED) is 0.860. The molecular weight excluding hydrogens is 290 g/mol. The van der Waals surface area contributed by atoms with E-state index in [1.165, 1.54) is 0 Å². The van der Waals surface area contributed by atoms with Crippen molar-refractivity contribution in [2.45, 2.75) is 25.7 Å². The van der Waals surface area contributed by atoms with E-state index in [9.17, 15) is 0 Å². The van der Waals surface area contributed by atoms with E-state index in [1.54, 1.807) is 14.2 Å². The molecule has 0 spiro atoms. The van der Waals surface area contributed by atoms with Crippen molar-refractivity contribution in [1.29, 1.82) is 0 Å². The van der Waals surface area contributed by atoms with Crippen molar-refractivity contribution in [3.05, 3.63) is 54.1 Å². The van der Waals surface area contributed by atoms with Gasteiger partial charge in [0.05, 0.1) is 7.11 Å². The molecule has 1 aliphatic rings. The lowest BCUT2D eigenvalue weighted by Gasteiger charge is -2.21. The predicted octanol–water partition coefficient (Wildman–Crippen LogP) is 3.89. The van der Waals surface area contributed by atoms with E-state index in [0.29, 0.717) is 5.90 Å². The summed E-state index contributed by atoms with van der Waals surface area (Å²) in [5.74, 6) is 1.37. The molecule has 4 nitrogen and oxygen atoms in total. The van der Waals surface area contributed by atoms with Gasteiger partial charge >= 0.3 is 0 Å². The van der Waals surface area contributed by atoms with Crippen molar-refractivity contribution in [2.24, 2.45) is 4.99 Å². The molecule has 2 aromatic carbocycles. The Morgan fingerprint density at radius 3 is 2.35 bits per heavy atom. The number of rotatable bonds is 4. The van der Waals surface area contributed by atoms with Crippen LogP contribution in [0.5, 0.6) is 5.75 Å². The van der Waals surface area contributed by atoms with E-state index in [1.807, 2.05) is 50.2 Å². The first kappa shape index (κ1) is 15.6. The lowest BCUT2D eigenvalue weighted by Crippen LogP contribution is -2.33. The highest BCUT2D eigenvalue weighted by atomic mass is 16.7. The first-order chi connectivity index (χ1) is 11.1. The summed E-state index contributed by atoms with van der Waals surface area (Å²) in [6, 6.07) is 16.0. The molecule has 1 atom stereocenters. The second kappa shape index (κ2) is 6.05. The van der Waals surface area contributed by atoms with Gasteiger partial charge in [-0.2, -0.15) is 0 Å². The Bertz CT molecular complexity index is 723. The van der Waals surface area contributed by atoms with Crippen molar-refractivity contribution >= 4 is 5.90 Å². The number of aliphatic imine (C=N–C) groups is 1. The Kier molecular flexibility index (Phi) is 4.09. The van der Waals surface area contributed by atoms with Gasteiger partial charge in [-0.15, -0.1) is 0 Å². The minimum absolute atomic E-state index is 0.396. The number of hydrogen-bond donors (Lipinski definition) is 0. The summed E-state index contributed by atoms with van der Waals surface area (Å²) in [4.78, 5) is 4.72. The number of ether oxygens (including phenoxy) is 3. The molecule has 1 aliphatic heterocycles. The van der Waals surface area contributed by atoms with Gasteiger partial charge in [0.25, 0.3) is 0 Å². The summed E-state index contributed by atoms with van der Waals surface area (Å²) >= 11 is 0. The van der Waals surface area contributed by atoms with E-state index in [-0.39, 0.29) is 0 Å². The molecular formula is C19H21NO3. The second-order valence-corrected chi connectivity index (χ2v) is 6.00. The predicted molar refractivity (Wildman–Crippen MR) is 90.9 cm³/mol. The number of nitrogens with zero attached hydrogens (tertiary/aromatic N) is 1. The molecule has 120 valence electrons. The number of hydrogen-bond acceptors (Lipinski definition) is 4. The smallest absolute Gasteiger partial charge is 0.226 e. The molecule has 0 fully saturated rings. The maximum atomic E-state index is 5.95. The summed E-state index contributed by atoms with van der Waals surface area (Å²) in [5, 5.41) is 0. The van der Waals surface area contributed by atoms with Crippen LogP contribution in [0.4, 0.5) is 0 Å². The van der Waals surface area contributed by atoms with Crippen LogP contribution in [0.25, 0.3) is 11.1 Å². The Morgan fingerprint density at radius 1 is 1.00 bits per heavy atom. The van der Waals surface area contributed by atoms with Crippen LogP contribution >= 0.6 is 0 Å². The van der Waals surface area contributed by atoms with Crippen LogP contribution in [0.1, 0.15) is 19.4 Å². The van der Waals surface area contributed by atoms with E-state index in [4.69, 9.17) is 19.2 Å². The van der Waals surface area contributed by atoms with Gasteiger partial charge in [-0.25, -0.2) is 4.99 Å². The maximum Gasteiger partial charge on any atom is 0.226 e. The van der Waals surface area contributed by atoms with Gasteiger partial charge in [0, 0.05) is 18.2 Å². The van der Waals surface area contributed by atoms with Gasteiger partial charge in [0.15, 0.2) is 0 Å². The Hall–Kier alpha value is -2.33. The highest BCUT2D eigenvalue weighted by molar-refractivity contribution is 6.03. The van der Waals surface area contributed by atoms with Crippen LogP contribution in [0.15, 0.2) is 53.5 Å². The molecule has 2 aromatic rings. The van der Waals surface area contributed by atoms with E-state index < -0.39 is 11.8 Å². The maximum absolute atomic E-state index is 5.95. The van der Waals surface area contributed by atoms with E-state index in [2.05, 4.69) is 12.1 Å². The fourth-order valence-corrected chi connectivity index (χ4v) is 2.83. The zero-order valence-electron chi connectivity index (χ0n) is 13.9. The summed E-state index contributed by atoms with van der Waals surface area (Å²) in [6.45, 7) is 3.99. The molecule has 0 saturated carbocycles. The first-order valence-electron chi connectivity index (χ1n) is 7.59. The Balaban J connectivity index is 2.15. The molecule has 1 heterocycles. The molecule has 1 unspecified atom stereocenters. The van der Waals surface area contributed by atoms with Crippen LogP contribution in [0, 0.1) is 0 Å². The van der Waals surface area contributed by atoms with Crippen LogP contribution in [0.3, 0.4) is 0 Å². The minimum atomic E-state index is -0.429. The Labute approximate surface area is 136 Å². The third-order valence-corrected chi connectivity index (χ3v) is 3.94. The van der Waals surface area contributed by atoms with Gasteiger partial charge in [-0.3, -0.25) is 0 Å². The van der Waals surface area contributed by atoms with Gasteiger partial charge in [-0.05, 0) is 31.5 Å². The molecule has 0 N–H and O–H groups in total. The van der Waals surface area contributed by atoms with Crippen molar-refractivity contribution in [3.63, 3.8) is 0 Å². The fourth-order valence-electron chi connectivity index (χ4n) is 2.83. The molecule has 0 aromatic heterocycles. The highest BCUT2D eigenvalue weighted by Gasteiger charge is 2.39. The molecule has 23 heavy (non-hydrogen) atoms. The van der Waals surface area contributed by atoms with Crippen LogP contribution in [-0.2, 0) is 9.47 Å². The van der Waals surface area contributed by atoms with Crippen LogP contribution in [-0.4, -0.2) is 31.9 Å². The SMILES string of the molecule is COc1cccc(C2=NC(C)(C)C(OC)O2)c1-c1ccccc1. The zero-order chi connectivity index (χ0) is 16.4. The molecule has 0 radical (unpaired) electrons. The summed E-state index contributed by atoms with van der Waals surface area (Å²) in [7, 11) is 3.30. The van der Waals surface area contributed by atoms with Crippen molar-refractivity contribution in [1.82, 2.24) is 0 Å². The summed E-state index contributed by atoms with van der Waals surface area (Å²) < 4.78 is 16.9. The van der Waals surface area contributed by atoms with Crippen LogP contribution < -0.4 is 4.74 Å². The molecule has 4 heteroatoms. The van der Waals surface area contributed by atoms with Gasteiger partial charge < -0.3 is 14.2 Å². The molecule has 0 aliphatic carbocycles. The second-order valence-electron chi connectivity index (χ2n) is 6.00. The first-order valence-corrected chi connectivity index (χ1v) is 7.59. The lowest BCUT2D eigenvalue weighted by molar-refractivity contribution is -0.0833. The fraction of sp³-hybridized carbons (Fsp3) is 0.316. The molecule has 3 rings (SSSR count). The molecule has 0 saturated heterocycles. The number of benzene rings is 2. The van der Waals surface area contributed by atoms with E-state index in [0.717, 1.165) is 22.4 Å². The highest BCUT2D eigenvalue weighted by Crippen LogP contribution is 2.37. The van der Waals surface area contributed by atoms with Gasteiger partial charge in [0.2, 0.25) is 12.2 Å². The van der Waals surface area contributed by atoms with Crippen LogP contribution in [0.2, 0.25) is 0 Å². The van der Waals surface area contributed by atoms with Crippen molar-refractivity contribution in [3.8, 4) is 16.9 Å². The van der Waals surface area contributed by atoms with Gasteiger partial charge in [0.1, 0.15) is 11.3 Å². The molecule has 0 bridgehead atoms. The normalized spacial score (nSPS) is 19.1. The average molecular weight is 311 g/mol. The van der Waals surface area contributed by atoms with Gasteiger partial charge in [-0.1, -0.05) is 36.4 Å². The summed E-state index contributed by atoms with van der Waals surface area (Å²) in [5.41, 5.74) is 2.51. The monoisotopic (exact) mass is 311 g/mol. The van der Waals surface area contributed by atoms with E-state index >= 15 is 0 Å². The molecule has 0 amide bonds. The number of methoxy groups -OCH3 is 2. The zero-order valence-corrected chi connectivity index (χ0v) is 13.9. The topological polar surface area (TPSA) is 40.0 Å². The third kappa shape index (κ3) is 2.82. The van der Waals surface area contributed by atoms with Crippen molar-refractivity contribution < 1.29 is 14.2 Å². The minimum Gasteiger partial charge on any atom is -0.496 e. The largest absolute Gasteiger partial charge is 0.496 e. The summed E-state index contributed by atoms with van der Waals surface area (Å²) in [6.07, 6.45) is -0.396. The van der Waals surface area contributed by atoms with Crippen molar-refractivity contribution in [2.75, 3.05) is 14.2 Å². The average Bonchev–Trinajstić information content (AvgIpc) is 2.89. The standard InChI is InChI=1S/C19H21NO3/c1-19(2)18(22-4)23-17(20-19)14-11-8-12-15(21-3)16(14)13-9-6-5-7-10-13/h5-12,18H,1-4H3. The third-order valence-electron chi connectivity index (χ3n) is 3.94. The lowest BCUT2D eigenvalue weighted by atomic mass is 9.98. The Morgan fingerprint density at radius 2 is 1.74 bits per heavy atom.